The molecule has 1 heterocycles. The molecule has 182 valence electrons. The molecule has 0 aliphatic carbocycles. The first-order valence-electron chi connectivity index (χ1n) is 10.1. The van der Waals surface area contributed by atoms with Crippen molar-refractivity contribution >= 4 is 24.5 Å². The van der Waals surface area contributed by atoms with Gasteiger partial charge in [-0.05, 0) is 45.4 Å². The molecule has 0 amide bonds. The first-order valence-corrected chi connectivity index (χ1v) is 11.8. The lowest BCUT2D eigenvalue weighted by Gasteiger charge is -2.28. The van der Waals surface area contributed by atoms with E-state index in [1.54, 1.807) is 39.0 Å². The van der Waals surface area contributed by atoms with Gasteiger partial charge in [0.15, 0.2) is 5.79 Å². The van der Waals surface area contributed by atoms with E-state index < -0.39 is 31.8 Å². The Hall–Kier alpha value is -2.49. The maximum absolute atomic E-state index is 13.2. The fraction of sp³-hybridized carbons (Fsp3) is 0.455. The summed E-state index contributed by atoms with van der Waals surface area (Å²) < 4.78 is 44.4. The molecule has 0 saturated heterocycles. The first-order chi connectivity index (χ1) is 15.5. The van der Waals surface area contributed by atoms with E-state index in [0.717, 1.165) is 0 Å². The lowest BCUT2D eigenvalue weighted by atomic mass is 10.2. The van der Waals surface area contributed by atoms with Crippen molar-refractivity contribution in [2.75, 3.05) is 33.8 Å². The quantitative estimate of drug-likeness (QED) is 0.156. The summed E-state index contributed by atoms with van der Waals surface area (Å²) in [5, 5.41) is 9.59. The predicted octanol–water partition coefficient (Wildman–Crippen LogP) is 3.85. The van der Waals surface area contributed by atoms with Crippen LogP contribution >= 0.6 is 7.60 Å². The van der Waals surface area contributed by atoms with Gasteiger partial charge in [-0.15, -0.1) is 0 Å². The molecule has 1 atom stereocenters. The SMILES string of the molecule is COc1ccc2cc(C(=O)OCOP(=O)(CC/C=C(\C)CO)OC(C)(C)OC)c(=O)oc2c1. The molecule has 11 heteroatoms. The van der Waals surface area contributed by atoms with Crippen molar-refractivity contribution in [3.63, 3.8) is 0 Å². The number of carbonyl (C=O) groups excluding carboxylic acids is 1. The van der Waals surface area contributed by atoms with E-state index in [9.17, 15) is 14.2 Å². The van der Waals surface area contributed by atoms with Crippen molar-refractivity contribution in [2.45, 2.75) is 33.0 Å². The van der Waals surface area contributed by atoms with Crippen LogP contribution in [0.3, 0.4) is 0 Å². The Labute approximate surface area is 191 Å². The Balaban J connectivity index is 2.11. The maximum atomic E-state index is 13.2. The molecule has 0 aliphatic rings. The molecule has 0 saturated carbocycles. The number of hydrogen-bond acceptors (Lipinski definition) is 10. The van der Waals surface area contributed by atoms with Crippen molar-refractivity contribution in [3.8, 4) is 5.75 Å². The fourth-order valence-electron chi connectivity index (χ4n) is 2.64. The molecule has 1 unspecified atom stereocenters. The minimum atomic E-state index is -3.78. The summed E-state index contributed by atoms with van der Waals surface area (Å²) in [4.78, 5) is 24.6. The van der Waals surface area contributed by atoms with Crippen LogP contribution in [0.15, 0.2) is 45.1 Å². The van der Waals surface area contributed by atoms with Crippen molar-refractivity contribution in [3.05, 3.63) is 51.9 Å². The zero-order valence-corrected chi connectivity index (χ0v) is 20.2. The molecule has 0 bridgehead atoms. The number of ether oxygens (including phenoxy) is 3. The van der Waals surface area contributed by atoms with Crippen LogP contribution in [0.4, 0.5) is 0 Å². The predicted molar refractivity (Wildman–Crippen MR) is 121 cm³/mol. The van der Waals surface area contributed by atoms with Gasteiger partial charge in [0.05, 0.1) is 19.9 Å². The third-order valence-electron chi connectivity index (χ3n) is 4.60. The summed E-state index contributed by atoms with van der Waals surface area (Å²) in [5.74, 6) is -1.74. The third-order valence-corrected chi connectivity index (χ3v) is 6.62. The van der Waals surface area contributed by atoms with Gasteiger partial charge < -0.3 is 23.7 Å². The first kappa shape index (κ1) is 26.8. The topological polar surface area (TPSA) is 131 Å². The second kappa shape index (κ2) is 11.6. The molecule has 1 N–H and O–H groups in total. The standard InChI is InChI=1S/C22H29O10P/c1-15(13-23)7-6-10-33(26,32-22(2,3)28-5)30-14-29-20(24)18-11-16-8-9-17(27-4)12-19(16)31-21(18)25/h7-9,11-12,23H,6,10,13-14H2,1-5H3/b15-7+. The number of hydrogen-bond donors (Lipinski definition) is 1. The number of fused-ring (bicyclic) bond motifs is 1. The average Bonchev–Trinajstić information content (AvgIpc) is 2.77. The molecule has 10 nitrogen and oxygen atoms in total. The van der Waals surface area contributed by atoms with E-state index in [2.05, 4.69) is 0 Å². The van der Waals surface area contributed by atoms with E-state index in [4.69, 9.17) is 32.8 Å². The Bertz CT molecular complexity index is 1100. The third kappa shape index (κ3) is 7.80. The van der Waals surface area contributed by atoms with Gasteiger partial charge >= 0.3 is 19.2 Å². The van der Waals surface area contributed by atoms with Gasteiger partial charge in [-0.2, -0.15) is 0 Å². The van der Waals surface area contributed by atoms with Crippen molar-refractivity contribution in [1.82, 2.24) is 0 Å². The van der Waals surface area contributed by atoms with E-state index in [-0.39, 0.29) is 30.3 Å². The number of aliphatic hydroxyl groups is 1. The van der Waals surface area contributed by atoms with Crippen LogP contribution in [0.25, 0.3) is 11.0 Å². The monoisotopic (exact) mass is 484 g/mol. The number of rotatable bonds is 12. The van der Waals surface area contributed by atoms with Gasteiger partial charge in [0.2, 0.25) is 6.79 Å². The number of carbonyl (C=O) groups is 1. The highest BCUT2D eigenvalue weighted by Crippen LogP contribution is 2.52. The summed E-state index contributed by atoms with van der Waals surface area (Å²) in [7, 11) is -0.915. The Kier molecular flexibility index (Phi) is 9.39. The van der Waals surface area contributed by atoms with Gasteiger partial charge in [0.1, 0.15) is 16.9 Å². The number of allylic oxidation sites excluding steroid dienone is 1. The van der Waals surface area contributed by atoms with Crippen molar-refractivity contribution in [2.24, 2.45) is 0 Å². The summed E-state index contributed by atoms with van der Waals surface area (Å²) in [6.45, 7) is 3.98. The Morgan fingerprint density at radius 3 is 2.61 bits per heavy atom. The number of esters is 1. The van der Waals surface area contributed by atoms with E-state index in [1.807, 2.05) is 0 Å². The minimum Gasteiger partial charge on any atom is -0.497 e. The van der Waals surface area contributed by atoms with E-state index in [0.29, 0.717) is 16.7 Å². The fourth-order valence-corrected chi connectivity index (χ4v) is 4.32. The normalized spacial score (nSPS) is 14.2. The van der Waals surface area contributed by atoms with Gasteiger partial charge in [-0.25, -0.2) is 9.59 Å². The van der Waals surface area contributed by atoms with Gasteiger partial charge in [-0.3, -0.25) is 13.6 Å². The van der Waals surface area contributed by atoms with Crippen LogP contribution in [0, 0.1) is 0 Å². The minimum absolute atomic E-state index is 0.0470. The van der Waals surface area contributed by atoms with Gasteiger partial charge in [-0.1, -0.05) is 11.6 Å². The highest BCUT2D eigenvalue weighted by molar-refractivity contribution is 7.53. The molecule has 0 radical (unpaired) electrons. The largest absolute Gasteiger partial charge is 0.497 e. The second-order valence-electron chi connectivity index (χ2n) is 7.56. The molecule has 0 aliphatic heterocycles. The molecular weight excluding hydrogens is 455 g/mol. The number of methoxy groups -OCH3 is 2. The number of aliphatic hydroxyl groups excluding tert-OH is 1. The smallest absolute Gasteiger partial charge is 0.351 e. The van der Waals surface area contributed by atoms with Crippen LogP contribution in [0.1, 0.15) is 37.6 Å². The molecular formula is C22H29O10P. The highest BCUT2D eigenvalue weighted by Gasteiger charge is 2.33. The molecule has 1 aromatic carbocycles. The second-order valence-corrected chi connectivity index (χ2v) is 9.67. The van der Waals surface area contributed by atoms with Gasteiger partial charge in [0, 0.05) is 18.6 Å². The molecule has 0 fully saturated rings. The molecule has 0 spiro atoms. The lowest BCUT2D eigenvalue weighted by Crippen LogP contribution is -2.26. The van der Waals surface area contributed by atoms with Crippen LogP contribution in [-0.2, 0) is 23.1 Å². The van der Waals surface area contributed by atoms with Crippen LogP contribution < -0.4 is 10.4 Å². The Morgan fingerprint density at radius 1 is 1.24 bits per heavy atom. The van der Waals surface area contributed by atoms with Gasteiger partial charge in [0.25, 0.3) is 0 Å². The summed E-state index contributed by atoms with van der Waals surface area (Å²) in [6, 6.07) is 6.13. The Morgan fingerprint density at radius 2 is 1.97 bits per heavy atom. The average molecular weight is 484 g/mol. The molecule has 1 aromatic heterocycles. The van der Waals surface area contributed by atoms with Crippen LogP contribution in [0.2, 0.25) is 0 Å². The van der Waals surface area contributed by atoms with E-state index in [1.165, 1.54) is 26.4 Å². The summed E-state index contributed by atoms with van der Waals surface area (Å²) in [6.07, 6.45) is 1.93. The lowest BCUT2D eigenvalue weighted by molar-refractivity contribution is -0.142. The zero-order valence-electron chi connectivity index (χ0n) is 19.3. The van der Waals surface area contributed by atoms with Crippen molar-refractivity contribution in [1.29, 1.82) is 0 Å². The van der Waals surface area contributed by atoms with Crippen LogP contribution in [0.5, 0.6) is 5.75 Å². The molecule has 33 heavy (non-hydrogen) atoms. The zero-order chi connectivity index (χ0) is 24.6. The maximum Gasteiger partial charge on any atom is 0.351 e. The van der Waals surface area contributed by atoms with E-state index >= 15 is 0 Å². The highest BCUT2D eigenvalue weighted by atomic mass is 31.2. The molecule has 2 aromatic rings. The molecule has 2 rings (SSSR count). The summed E-state index contributed by atoms with van der Waals surface area (Å²) in [5.41, 5.74) is -0.297. The van der Waals surface area contributed by atoms with Crippen LogP contribution in [-0.4, -0.2) is 50.6 Å². The number of benzene rings is 1. The summed E-state index contributed by atoms with van der Waals surface area (Å²) >= 11 is 0. The van der Waals surface area contributed by atoms with Crippen molar-refractivity contribution < 1.29 is 42.1 Å².